The number of nitrogens with one attached hydrogen (secondary N) is 1. The first-order valence-electron chi connectivity index (χ1n) is 8.59. The lowest BCUT2D eigenvalue weighted by Gasteiger charge is -2.38. The predicted octanol–water partition coefficient (Wildman–Crippen LogP) is 1.69. The molecule has 4 heterocycles. The third kappa shape index (κ3) is 2.70. The van der Waals surface area contributed by atoms with Gasteiger partial charge in [-0.15, -0.1) is 0 Å². The van der Waals surface area contributed by atoms with Crippen molar-refractivity contribution in [2.24, 2.45) is 5.92 Å². The Kier molecular flexibility index (Phi) is 3.55. The van der Waals surface area contributed by atoms with E-state index in [0.29, 0.717) is 0 Å². The first-order chi connectivity index (χ1) is 9.37. The Labute approximate surface area is 117 Å². The van der Waals surface area contributed by atoms with Gasteiger partial charge in [-0.05, 0) is 64.0 Å². The molecule has 0 spiro atoms. The van der Waals surface area contributed by atoms with E-state index in [9.17, 15) is 0 Å². The Morgan fingerprint density at radius 2 is 1.79 bits per heavy atom. The molecular formula is C16H29N3. The summed E-state index contributed by atoms with van der Waals surface area (Å²) >= 11 is 0. The van der Waals surface area contributed by atoms with Gasteiger partial charge in [0.2, 0.25) is 0 Å². The number of hydrogen-bond acceptors (Lipinski definition) is 3. The quantitative estimate of drug-likeness (QED) is 0.836. The zero-order valence-corrected chi connectivity index (χ0v) is 12.2. The van der Waals surface area contributed by atoms with Gasteiger partial charge < -0.3 is 10.2 Å². The van der Waals surface area contributed by atoms with Crippen LogP contribution in [-0.2, 0) is 0 Å². The maximum Gasteiger partial charge on any atom is 0.0224 e. The van der Waals surface area contributed by atoms with E-state index in [4.69, 9.17) is 0 Å². The van der Waals surface area contributed by atoms with Crippen molar-refractivity contribution in [3.8, 4) is 0 Å². The van der Waals surface area contributed by atoms with Gasteiger partial charge in [0, 0.05) is 37.8 Å². The van der Waals surface area contributed by atoms with Crippen molar-refractivity contribution in [2.75, 3.05) is 32.7 Å². The summed E-state index contributed by atoms with van der Waals surface area (Å²) in [5.74, 6) is 1.01. The van der Waals surface area contributed by atoms with Crippen LogP contribution in [0.15, 0.2) is 0 Å². The van der Waals surface area contributed by atoms with Crippen LogP contribution in [0.4, 0.5) is 0 Å². The maximum atomic E-state index is 3.77. The standard InChI is InChI=1S/C16H29N3/c1-2-16-12-18(8-9-19(16)6-1)7-5-13-10-14-3-4-15(11-13)17-14/h13-17H,1-12H2. The molecule has 19 heavy (non-hydrogen) atoms. The molecule has 0 radical (unpaired) electrons. The minimum absolute atomic E-state index is 0.871. The van der Waals surface area contributed by atoms with E-state index in [-0.39, 0.29) is 0 Å². The van der Waals surface area contributed by atoms with Crippen molar-refractivity contribution in [1.29, 1.82) is 0 Å². The highest BCUT2D eigenvalue weighted by Crippen LogP contribution is 2.33. The largest absolute Gasteiger partial charge is 0.311 e. The lowest BCUT2D eigenvalue weighted by molar-refractivity contribution is 0.0965. The SMILES string of the molecule is C1CC2CN(CCC3CC4CCC(C3)N4)CCN2C1. The van der Waals surface area contributed by atoms with Crippen LogP contribution >= 0.6 is 0 Å². The van der Waals surface area contributed by atoms with Crippen molar-refractivity contribution in [2.45, 2.75) is 63.1 Å². The monoisotopic (exact) mass is 263 g/mol. The molecule has 4 aliphatic rings. The third-order valence-corrected chi connectivity index (χ3v) is 6.10. The van der Waals surface area contributed by atoms with E-state index >= 15 is 0 Å². The zero-order chi connectivity index (χ0) is 12.7. The van der Waals surface area contributed by atoms with Crippen molar-refractivity contribution >= 4 is 0 Å². The summed E-state index contributed by atoms with van der Waals surface area (Å²) in [6.07, 6.45) is 10.2. The van der Waals surface area contributed by atoms with E-state index < -0.39 is 0 Å². The molecule has 0 amide bonds. The summed E-state index contributed by atoms with van der Waals surface area (Å²) in [6.45, 7) is 6.76. The van der Waals surface area contributed by atoms with Gasteiger partial charge in [-0.25, -0.2) is 0 Å². The van der Waals surface area contributed by atoms with Crippen LogP contribution < -0.4 is 5.32 Å². The Morgan fingerprint density at radius 3 is 2.63 bits per heavy atom. The summed E-state index contributed by atoms with van der Waals surface area (Å²) in [7, 11) is 0. The summed E-state index contributed by atoms with van der Waals surface area (Å²) in [5.41, 5.74) is 0. The summed E-state index contributed by atoms with van der Waals surface area (Å²) in [6, 6.07) is 2.64. The topological polar surface area (TPSA) is 18.5 Å². The Hall–Kier alpha value is -0.120. The van der Waals surface area contributed by atoms with E-state index in [2.05, 4.69) is 15.1 Å². The fraction of sp³-hybridized carbons (Fsp3) is 1.00. The summed E-state index contributed by atoms with van der Waals surface area (Å²) < 4.78 is 0. The van der Waals surface area contributed by atoms with Crippen LogP contribution in [0.5, 0.6) is 0 Å². The summed E-state index contributed by atoms with van der Waals surface area (Å²) in [5, 5.41) is 3.77. The van der Waals surface area contributed by atoms with Crippen LogP contribution in [0.2, 0.25) is 0 Å². The molecule has 3 atom stereocenters. The average molecular weight is 263 g/mol. The molecule has 1 N–H and O–H groups in total. The molecule has 3 unspecified atom stereocenters. The van der Waals surface area contributed by atoms with Crippen LogP contribution in [0.3, 0.4) is 0 Å². The number of rotatable bonds is 3. The van der Waals surface area contributed by atoms with E-state index in [1.807, 2.05) is 0 Å². The first kappa shape index (κ1) is 12.6. The maximum absolute atomic E-state index is 3.77. The number of hydrogen-bond donors (Lipinski definition) is 1. The van der Waals surface area contributed by atoms with E-state index in [0.717, 1.165) is 24.0 Å². The number of fused-ring (bicyclic) bond motifs is 3. The van der Waals surface area contributed by atoms with Crippen LogP contribution in [-0.4, -0.2) is 60.6 Å². The summed E-state index contributed by atoms with van der Waals surface area (Å²) in [4.78, 5) is 5.48. The lowest BCUT2D eigenvalue weighted by atomic mass is 9.89. The predicted molar refractivity (Wildman–Crippen MR) is 78.3 cm³/mol. The average Bonchev–Trinajstić information content (AvgIpc) is 3.02. The first-order valence-corrected chi connectivity index (χ1v) is 8.59. The molecule has 2 bridgehead atoms. The van der Waals surface area contributed by atoms with Crippen molar-refractivity contribution in [1.82, 2.24) is 15.1 Å². The van der Waals surface area contributed by atoms with Crippen LogP contribution in [0.25, 0.3) is 0 Å². The Balaban J connectivity index is 1.24. The molecule has 0 aromatic carbocycles. The Bertz CT molecular complexity index is 307. The van der Waals surface area contributed by atoms with Gasteiger partial charge in [0.15, 0.2) is 0 Å². The normalized spacial score (nSPS) is 43.6. The number of nitrogens with zero attached hydrogens (tertiary/aromatic N) is 2. The highest BCUT2D eigenvalue weighted by Gasteiger charge is 2.34. The van der Waals surface area contributed by atoms with Crippen molar-refractivity contribution in [3.05, 3.63) is 0 Å². The van der Waals surface area contributed by atoms with E-state index in [1.54, 1.807) is 0 Å². The molecule has 4 aliphatic heterocycles. The zero-order valence-electron chi connectivity index (χ0n) is 12.2. The van der Waals surface area contributed by atoms with E-state index in [1.165, 1.54) is 77.7 Å². The van der Waals surface area contributed by atoms with Crippen molar-refractivity contribution < 1.29 is 0 Å². The highest BCUT2D eigenvalue weighted by molar-refractivity contribution is 4.92. The van der Waals surface area contributed by atoms with Crippen LogP contribution in [0, 0.1) is 5.92 Å². The molecule has 4 rings (SSSR count). The second-order valence-corrected chi connectivity index (χ2v) is 7.40. The molecule has 3 heteroatoms. The minimum atomic E-state index is 0.871. The van der Waals surface area contributed by atoms with Gasteiger partial charge >= 0.3 is 0 Å². The van der Waals surface area contributed by atoms with Crippen molar-refractivity contribution in [3.63, 3.8) is 0 Å². The van der Waals surface area contributed by atoms with Gasteiger partial charge in [0.05, 0.1) is 0 Å². The molecular weight excluding hydrogens is 234 g/mol. The van der Waals surface area contributed by atoms with Gasteiger partial charge in [-0.2, -0.15) is 0 Å². The molecule has 108 valence electrons. The fourth-order valence-electron chi connectivity index (χ4n) is 5.03. The van der Waals surface area contributed by atoms with Gasteiger partial charge in [-0.1, -0.05) is 0 Å². The lowest BCUT2D eigenvalue weighted by Crippen LogP contribution is -2.50. The second kappa shape index (κ2) is 5.34. The minimum Gasteiger partial charge on any atom is -0.311 e. The molecule has 4 saturated heterocycles. The van der Waals surface area contributed by atoms with Crippen LogP contribution in [0.1, 0.15) is 44.9 Å². The molecule has 3 nitrogen and oxygen atoms in total. The van der Waals surface area contributed by atoms with Gasteiger partial charge in [-0.3, -0.25) is 4.90 Å². The van der Waals surface area contributed by atoms with Gasteiger partial charge in [0.1, 0.15) is 0 Å². The third-order valence-electron chi connectivity index (χ3n) is 6.10. The second-order valence-electron chi connectivity index (χ2n) is 7.40. The number of piperazine rings is 1. The Morgan fingerprint density at radius 1 is 0.947 bits per heavy atom. The molecule has 0 aromatic heterocycles. The molecule has 0 aliphatic carbocycles. The number of piperidine rings is 1. The molecule has 4 fully saturated rings. The molecule has 0 aromatic rings. The smallest absolute Gasteiger partial charge is 0.0224 e. The van der Waals surface area contributed by atoms with Gasteiger partial charge in [0.25, 0.3) is 0 Å². The highest BCUT2D eigenvalue weighted by atomic mass is 15.3. The molecule has 0 saturated carbocycles. The fourth-order valence-corrected chi connectivity index (χ4v) is 5.03.